The monoisotopic (exact) mass is 227 g/mol. The molecule has 0 aliphatic carbocycles. The smallest absolute Gasteiger partial charge is 0.480 e. The maximum atomic E-state index is 11.7. The van der Waals surface area contributed by atoms with Crippen molar-refractivity contribution in [3.63, 3.8) is 0 Å². The van der Waals surface area contributed by atoms with Crippen LogP contribution in [0.25, 0.3) is 0 Å². The summed E-state index contributed by atoms with van der Waals surface area (Å²) in [6, 6.07) is 0. The molecule has 0 aromatic rings. The van der Waals surface area contributed by atoms with E-state index in [9.17, 15) is 18.0 Å². The quantitative estimate of drug-likeness (QED) is 0.755. The molecule has 1 saturated heterocycles. The largest absolute Gasteiger partial charge is 0.522 e. The van der Waals surface area contributed by atoms with Gasteiger partial charge in [0.05, 0.1) is 6.61 Å². The van der Waals surface area contributed by atoms with Crippen molar-refractivity contribution in [3.05, 3.63) is 0 Å². The molecule has 0 aromatic heterocycles. The molecule has 0 radical (unpaired) electrons. The highest BCUT2D eigenvalue weighted by Crippen LogP contribution is 2.25. The summed E-state index contributed by atoms with van der Waals surface area (Å²) in [5, 5.41) is 11.6. The standard InChI is InChI=1S/C8H12F3NO3/c9-8(10,11)15-5-3-7(6(13)14)2-1-4-12-7/h12H,1-5H2,(H,13,14). The van der Waals surface area contributed by atoms with Gasteiger partial charge in [-0.2, -0.15) is 0 Å². The third-order valence-corrected chi connectivity index (χ3v) is 2.45. The van der Waals surface area contributed by atoms with Gasteiger partial charge in [-0.05, 0) is 25.8 Å². The van der Waals surface area contributed by atoms with Crippen LogP contribution in [0.15, 0.2) is 0 Å². The first-order valence-corrected chi connectivity index (χ1v) is 4.55. The molecule has 1 heterocycles. The first kappa shape index (κ1) is 12.3. The predicted octanol–water partition coefficient (Wildman–Crippen LogP) is 1.12. The highest BCUT2D eigenvalue weighted by atomic mass is 19.4. The number of carboxylic acid groups (broad SMARTS) is 1. The van der Waals surface area contributed by atoms with Gasteiger partial charge in [-0.3, -0.25) is 9.53 Å². The van der Waals surface area contributed by atoms with Crippen LogP contribution in [0, 0.1) is 0 Å². The lowest BCUT2D eigenvalue weighted by molar-refractivity contribution is -0.325. The molecule has 7 heteroatoms. The second-order valence-corrected chi connectivity index (χ2v) is 3.46. The van der Waals surface area contributed by atoms with E-state index in [2.05, 4.69) is 10.1 Å². The molecule has 2 N–H and O–H groups in total. The summed E-state index contributed by atoms with van der Waals surface area (Å²) in [4.78, 5) is 10.9. The van der Waals surface area contributed by atoms with E-state index in [1.165, 1.54) is 0 Å². The predicted molar refractivity (Wildman–Crippen MR) is 44.2 cm³/mol. The van der Waals surface area contributed by atoms with Gasteiger partial charge in [0.25, 0.3) is 0 Å². The van der Waals surface area contributed by atoms with Crippen LogP contribution in [0.5, 0.6) is 0 Å². The normalized spacial score (nSPS) is 26.9. The van der Waals surface area contributed by atoms with Gasteiger partial charge in [-0.1, -0.05) is 0 Å². The highest BCUT2D eigenvalue weighted by Gasteiger charge is 2.41. The molecule has 0 saturated carbocycles. The Morgan fingerprint density at radius 3 is 2.60 bits per heavy atom. The maximum Gasteiger partial charge on any atom is 0.522 e. The highest BCUT2D eigenvalue weighted by molar-refractivity contribution is 5.79. The van der Waals surface area contributed by atoms with Crippen LogP contribution in [-0.2, 0) is 9.53 Å². The lowest BCUT2D eigenvalue weighted by Crippen LogP contribution is -2.48. The SMILES string of the molecule is O=C(O)C1(CCOC(F)(F)F)CCCN1. The van der Waals surface area contributed by atoms with E-state index in [-0.39, 0.29) is 6.42 Å². The molecule has 15 heavy (non-hydrogen) atoms. The number of carbonyl (C=O) groups is 1. The molecule has 88 valence electrons. The van der Waals surface area contributed by atoms with Crippen molar-refractivity contribution in [2.24, 2.45) is 0 Å². The average Bonchev–Trinajstić information content (AvgIpc) is 2.51. The van der Waals surface area contributed by atoms with Crippen LogP contribution >= 0.6 is 0 Å². The minimum atomic E-state index is -4.70. The zero-order valence-electron chi connectivity index (χ0n) is 7.93. The molecule has 0 aromatic carbocycles. The van der Waals surface area contributed by atoms with Crippen molar-refractivity contribution in [3.8, 4) is 0 Å². The number of rotatable bonds is 4. The molecule has 1 unspecified atom stereocenters. The molecule has 0 bridgehead atoms. The number of hydrogen-bond donors (Lipinski definition) is 2. The Morgan fingerprint density at radius 2 is 2.20 bits per heavy atom. The Morgan fingerprint density at radius 1 is 1.53 bits per heavy atom. The molecule has 4 nitrogen and oxygen atoms in total. The number of hydrogen-bond acceptors (Lipinski definition) is 3. The summed E-state index contributed by atoms with van der Waals surface area (Å²) in [6.45, 7) is -0.124. The van der Waals surface area contributed by atoms with Crippen LogP contribution in [-0.4, -0.2) is 36.1 Å². The summed E-state index contributed by atoms with van der Waals surface area (Å²) in [6.07, 6.45) is -3.89. The number of alkyl halides is 3. The molecule has 1 rings (SSSR count). The van der Waals surface area contributed by atoms with Gasteiger partial charge in [0.1, 0.15) is 5.54 Å². The Kier molecular flexibility index (Phi) is 3.56. The first-order valence-electron chi connectivity index (χ1n) is 4.55. The van der Waals surface area contributed by atoms with E-state index >= 15 is 0 Å². The minimum absolute atomic E-state index is 0.179. The molecule has 1 atom stereocenters. The molecule has 0 amide bonds. The van der Waals surface area contributed by atoms with E-state index < -0.39 is 24.5 Å². The third-order valence-electron chi connectivity index (χ3n) is 2.45. The number of halogens is 3. The van der Waals surface area contributed by atoms with Crippen molar-refractivity contribution in [1.82, 2.24) is 5.32 Å². The number of nitrogens with one attached hydrogen (secondary N) is 1. The Balaban J connectivity index is 2.43. The van der Waals surface area contributed by atoms with Gasteiger partial charge in [0.15, 0.2) is 0 Å². The Labute approximate surface area is 84.4 Å². The summed E-state index contributed by atoms with van der Waals surface area (Å²) in [5.74, 6) is -1.12. The number of ether oxygens (including phenoxy) is 1. The zero-order valence-corrected chi connectivity index (χ0v) is 7.93. The van der Waals surface area contributed by atoms with Crippen molar-refractivity contribution < 1.29 is 27.8 Å². The Bertz CT molecular complexity index is 236. The fourth-order valence-corrected chi connectivity index (χ4v) is 1.65. The van der Waals surface area contributed by atoms with E-state index in [1.54, 1.807) is 0 Å². The van der Waals surface area contributed by atoms with Gasteiger partial charge < -0.3 is 10.4 Å². The van der Waals surface area contributed by atoms with Crippen molar-refractivity contribution in [2.45, 2.75) is 31.2 Å². The maximum absolute atomic E-state index is 11.7. The van der Waals surface area contributed by atoms with E-state index in [0.29, 0.717) is 19.4 Å². The molecule has 1 fully saturated rings. The lowest BCUT2D eigenvalue weighted by atomic mass is 9.94. The van der Waals surface area contributed by atoms with Gasteiger partial charge in [0, 0.05) is 0 Å². The van der Waals surface area contributed by atoms with Gasteiger partial charge in [0.2, 0.25) is 0 Å². The molecule has 0 spiro atoms. The summed E-state index contributed by atoms with van der Waals surface area (Å²) >= 11 is 0. The fourth-order valence-electron chi connectivity index (χ4n) is 1.65. The molecular formula is C8H12F3NO3. The van der Waals surface area contributed by atoms with Crippen LogP contribution in [0.3, 0.4) is 0 Å². The topological polar surface area (TPSA) is 58.6 Å². The minimum Gasteiger partial charge on any atom is -0.480 e. The second-order valence-electron chi connectivity index (χ2n) is 3.46. The van der Waals surface area contributed by atoms with Crippen LogP contribution in [0.2, 0.25) is 0 Å². The first-order chi connectivity index (χ1) is 6.86. The van der Waals surface area contributed by atoms with Crippen molar-refractivity contribution >= 4 is 5.97 Å². The van der Waals surface area contributed by atoms with Crippen LogP contribution in [0.4, 0.5) is 13.2 Å². The van der Waals surface area contributed by atoms with E-state index in [0.717, 1.165) is 0 Å². The number of carboxylic acids is 1. The van der Waals surface area contributed by atoms with Gasteiger partial charge >= 0.3 is 12.3 Å². The van der Waals surface area contributed by atoms with Crippen molar-refractivity contribution in [1.29, 1.82) is 0 Å². The second kappa shape index (κ2) is 4.36. The molecule has 1 aliphatic rings. The van der Waals surface area contributed by atoms with Crippen molar-refractivity contribution in [2.75, 3.05) is 13.2 Å². The summed E-state index contributed by atoms with van der Waals surface area (Å²) in [7, 11) is 0. The molecular weight excluding hydrogens is 215 g/mol. The lowest BCUT2D eigenvalue weighted by Gasteiger charge is -2.24. The molecule has 1 aliphatic heterocycles. The Hall–Kier alpha value is -0.820. The zero-order chi connectivity index (χ0) is 11.5. The fraction of sp³-hybridized carbons (Fsp3) is 0.875. The van der Waals surface area contributed by atoms with Gasteiger partial charge in [-0.15, -0.1) is 13.2 Å². The third kappa shape index (κ3) is 3.35. The number of aliphatic carboxylic acids is 1. The van der Waals surface area contributed by atoms with E-state index in [4.69, 9.17) is 5.11 Å². The average molecular weight is 227 g/mol. The van der Waals surface area contributed by atoms with Gasteiger partial charge in [-0.25, -0.2) is 0 Å². The van der Waals surface area contributed by atoms with Crippen LogP contribution in [0.1, 0.15) is 19.3 Å². The van der Waals surface area contributed by atoms with E-state index in [1.807, 2.05) is 0 Å². The summed E-state index contributed by atoms with van der Waals surface area (Å²) < 4.78 is 38.6. The summed E-state index contributed by atoms with van der Waals surface area (Å²) in [5.41, 5.74) is -1.24. The van der Waals surface area contributed by atoms with Crippen LogP contribution < -0.4 is 5.32 Å².